The van der Waals surface area contributed by atoms with Crippen molar-refractivity contribution in [2.45, 2.75) is 59.3 Å². The number of anilines is 2. The first-order valence-corrected chi connectivity index (χ1v) is 14.5. The molecule has 2 aromatic rings. The maximum absolute atomic E-state index is 13.5. The largest absolute Gasteiger partial charge is 0.416 e. The Hall–Kier alpha value is -1.90. The van der Waals surface area contributed by atoms with E-state index < -0.39 is 48.9 Å². The van der Waals surface area contributed by atoms with Gasteiger partial charge in [-0.15, -0.1) is 0 Å². The van der Waals surface area contributed by atoms with E-state index in [1.807, 2.05) is 29.2 Å². The highest BCUT2D eigenvalue weighted by Gasteiger charge is 2.43. The van der Waals surface area contributed by atoms with E-state index in [9.17, 15) is 33.6 Å². The van der Waals surface area contributed by atoms with Crippen LogP contribution in [-0.2, 0) is 10.9 Å². The van der Waals surface area contributed by atoms with Crippen LogP contribution in [0.2, 0.25) is 0 Å². The predicted molar refractivity (Wildman–Crippen MR) is 145 cm³/mol. The number of rotatable bonds is 8. The van der Waals surface area contributed by atoms with Crippen LogP contribution in [0.4, 0.5) is 24.5 Å². The van der Waals surface area contributed by atoms with Gasteiger partial charge in [-0.1, -0.05) is 23.9 Å². The maximum Gasteiger partial charge on any atom is 0.416 e. The number of hydrogen-bond donors (Lipinski definition) is 4. The monoisotopic (exact) mass is 583 g/mol. The molecule has 0 aromatic heterocycles. The Kier molecular flexibility index (Phi) is 9.27. The minimum absolute atomic E-state index is 0.433. The van der Waals surface area contributed by atoms with E-state index in [1.54, 1.807) is 6.07 Å². The van der Waals surface area contributed by atoms with Crippen LogP contribution in [0.15, 0.2) is 52.3 Å². The van der Waals surface area contributed by atoms with Gasteiger partial charge in [-0.05, 0) is 49.7 Å². The lowest BCUT2D eigenvalue weighted by Gasteiger charge is -2.41. The first-order valence-electron chi connectivity index (χ1n) is 13.7. The first-order chi connectivity index (χ1) is 19.2. The molecule has 5 atom stereocenters. The molecule has 40 heavy (non-hydrogen) atoms. The summed E-state index contributed by atoms with van der Waals surface area (Å²) in [4.78, 5) is 8.46. The summed E-state index contributed by atoms with van der Waals surface area (Å²) in [6.07, 6.45) is -8.62. The van der Waals surface area contributed by atoms with Crippen LogP contribution in [0.3, 0.4) is 0 Å². The van der Waals surface area contributed by atoms with Gasteiger partial charge in [0.25, 0.3) is 0 Å². The molecular formula is C28H36F3N3O5S. The molecule has 2 aromatic carbocycles. The Morgan fingerprint density at radius 1 is 0.800 bits per heavy atom. The van der Waals surface area contributed by atoms with E-state index in [2.05, 4.69) is 9.80 Å². The standard InChI is InChI=1S/C28H36F3N3O5S/c29-28(30,31)18-6-7-24-20(16-18)34(19-4-1-2-5-23(19)40-24)10-3-9-32-12-14-33(15-13-32)11-8-21-25(36)27(38)26(37)22(17-35)39-21/h1-2,4-7,16,21-22,25-27,35-38H,3,8-15,17H2/t21?,22-,25+,26-,27-/m1/s1. The second-order valence-corrected chi connectivity index (χ2v) is 11.7. The van der Waals surface area contributed by atoms with Crippen molar-refractivity contribution in [2.75, 3.05) is 57.3 Å². The molecule has 0 saturated carbocycles. The zero-order valence-electron chi connectivity index (χ0n) is 22.1. The van der Waals surface area contributed by atoms with Gasteiger partial charge in [0.15, 0.2) is 0 Å². The Bertz CT molecular complexity index is 1150. The Morgan fingerprint density at radius 3 is 2.15 bits per heavy atom. The van der Waals surface area contributed by atoms with Crippen LogP contribution in [0.1, 0.15) is 18.4 Å². The van der Waals surface area contributed by atoms with Crippen LogP contribution >= 0.6 is 11.8 Å². The number of fused-ring (bicyclic) bond motifs is 2. The van der Waals surface area contributed by atoms with Crippen molar-refractivity contribution in [2.24, 2.45) is 0 Å². The quantitative estimate of drug-likeness (QED) is 0.374. The normalized spacial score (nSPS) is 27.9. The molecule has 0 bridgehead atoms. The zero-order chi connectivity index (χ0) is 28.4. The summed E-state index contributed by atoms with van der Waals surface area (Å²) in [6.45, 7) is 4.96. The van der Waals surface area contributed by atoms with Gasteiger partial charge in [0.1, 0.15) is 24.4 Å². The smallest absolute Gasteiger partial charge is 0.394 e. The molecule has 2 fully saturated rings. The number of nitrogens with zero attached hydrogens (tertiary/aromatic N) is 3. The molecule has 3 aliphatic rings. The zero-order valence-corrected chi connectivity index (χ0v) is 22.9. The summed E-state index contributed by atoms with van der Waals surface area (Å²) in [6, 6.07) is 11.8. The summed E-state index contributed by atoms with van der Waals surface area (Å²) < 4.78 is 46.0. The van der Waals surface area contributed by atoms with E-state index in [-0.39, 0.29) is 0 Å². The van der Waals surface area contributed by atoms with Gasteiger partial charge in [0, 0.05) is 49.1 Å². The van der Waals surface area contributed by atoms with E-state index in [0.717, 1.165) is 60.7 Å². The molecule has 8 nitrogen and oxygen atoms in total. The topological polar surface area (TPSA) is 99.9 Å². The number of piperazine rings is 1. The van der Waals surface area contributed by atoms with Gasteiger partial charge in [-0.25, -0.2) is 0 Å². The average molecular weight is 584 g/mol. The highest BCUT2D eigenvalue weighted by Crippen LogP contribution is 2.49. The lowest BCUT2D eigenvalue weighted by molar-refractivity contribution is -0.230. The van der Waals surface area contributed by atoms with Crippen LogP contribution in [-0.4, -0.2) is 113 Å². The van der Waals surface area contributed by atoms with Crippen molar-refractivity contribution in [3.05, 3.63) is 48.0 Å². The number of alkyl halides is 3. The fraction of sp³-hybridized carbons (Fsp3) is 0.571. The summed E-state index contributed by atoms with van der Waals surface area (Å²) >= 11 is 1.50. The van der Waals surface area contributed by atoms with Gasteiger partial charge in [0.05, 0.1) is 29.6 Å². The minimum atomic E-state index is -4.40. The molecule has 4 N–H and O–H groups in total. The third-order valence-corrected chi connectivity index (χ3v) is 9.13. The van der Waals surface area contributed by atoms with Crippen molar-refractivity contribution < 1.29 is 38.3 Å². The summed E-state index contributed by atoms with van der Waals surface area (Å²) in [7, 11) is 0. The SMILES string of the molecule is OC[C@H]1OC(CCN2CCN(CCCN3c4ccccc4Sc4ccc(C(F)(F)F)cc43)CC2)[C@H](O)[C@@H](O)[C@@H]1O. The number of ether oxygens (including phenoxy) is 1. The van der Waals surface area contributed by atoms with Crippen molar-refractivity contribution >= 4 is 23.1 Å². The van der Waals surface area contributed by atoms with Gasteiger partial charge < -0.3 is 39.9 Å². The molecule has 3 aliphatic heterocycles. The molecule has 0 aliphatic carbocycles. The fourth-order valence-electron chi connectivity index (χ4n) is 5.66. The molecule has 3 heterocycles. The van der Waals surface area contributed by atoms with Crippen LogP contribution in [0.5, 0.6) is 0 Å². The van der Waals surface area contributed by atoms with Gasteiger partial charge in [0.2, 0.25) is 0 Å². The molecule has 5 rings (SSSR count). The number of benzene rings is 2. The van der Waals surface area contributed by atoms with Gasteiger partial charge >= 0.3 is 6.18 Å². The third-order valence-electron chi connectivity index (χ3n) is 8.00. The fourth-order valence-corrected chi connectivity index (χ4v) is 6.74. The number of hydrogen-bond acceptors (Lipinski definition) is 9. The molecule has 0 amide bonds. The highest BCUT2D eigenvalue weighted by atomic mass is 32.2. The molecular weight excluding hydrogens is 547 g/mol. The first kappa shape index (κ1) is 29.6. The maximum atomic E-state index is 13.5. The van der Waals surface area contributed by atoms with Gasteiger partial charge in [-0.3, -0.25) is 0 Å². The highest BCUT2D eigenvalue weighted by molar-refractivity contribution is 7.99. The lowest BCUT2D eigenvalue weighted by atomic mass is 9.93. The van der Waals surface area contributed by atoms with Crippen LogP contribution in [0, 0.1) is 0 Å². The number of aliphatic hydroxyl groups excluding tert-OH is 4. The lowest BCUT2D eigenvalue weighted by Crippen LogP contribution is -2.59. The Morgan fingerprint density at radius 2 is 1.45 bits per heavy atom. The summed E-state index contributed by atoms with van der Waals surface area (Å²) in [5.74, 6) is 0. The van der Waals surface area contributed by atoms with Crippen molar-refractivity contribution in [1.29, 1.82) is 0 Å². The van der Waals surface area contributed by atoms with E-state index in [0.29, 0.717) is 25.2 Å². The summed E-state index contributed by atoms with van der Waals surface area (Å²) in [5, 5.41) is 39.6. The van der Waals surface area contributed by atoms with Crippen molar-refractivity contribution in [1.82, 2.24) is 9.80 Å². The van der Waals surface area contributed by atoms with Gasteiger partial charge in [-0.2, -0.15) is 13.2 Å². The number of halogens is 3. The Balaban J connectivity index is 1.13. The number of para-hydroxylation sites is 1. The second kappa shape index (κ2) is 12.5. The molecule has 2 saturated heterocycles. The second-order valence-electron chi connectivity index (χ2n) is 10.6. The van der Waals surface area contributed by atoms with Crippen molar-refractivity contribution in [3.8, 4) is 0 Å². The average Bonchev–Trinajstić information content (AvgIpc) is 2.95. The van der Waals surface area contributed by atoms with Crippen LogP contribution < -0.4 is 4.90 Å². The minimum Gasteiger partial charge on any atom is -0.394 e. The molecule has 0 spiro atoms. The number of aliphatic hydroxyl groups is 4. The molecule has 12 heteroatoms. The molecule has 0 radical (unpaired) electrons. The van der Waals surface area contributed by atoms with Crippen LogP contribution in [0.25, 0.3) is 0 Å². The predicted octanol–water partition coefficient (Wildman–Crippen LogP) is 2.55. The van der Waals surface area contributed by atoms with E-state index in [1.165, 1.54) is 17.8 Å². The van der Waals surface area contributed by atoms with E-state index in [4.69, 9.17) is 4.74 Å². The Labute approximate surface area is 235 Å². The van der Waals surface area contributed by atoms with E-state index >= 15 is 0 Å². The molecule has 220 valence electrons. The molecule has 1 unspecified atom stereocenters. The third kappa shape index (κ3) is 6.44. The summed E-state index contributed by atoms with van der Waals surface area (Å²) in [5.41, 5.74) is 0.880. The van der Waals surface area contributed by atoms with Crippen molar-refractivity contribution in [3.63, 3.8) is 0 Å².